The molecular weight excluding hydrogens is 244 g/mol. The Labute approximate surface area is 111 Å². The molecule has 3 nitrogen and oxygen atoms in total. The van der Waals surface area contributed by atoms with Crippen LogP contribution in [-0.4, -0.2) is 32.4 Å². The summed E-state index contributed by atoms with van der Waals surface area (Å²) in [5.41, 5.74) is 0. The van der Waals surface area contributed by atoms with Crippen LogP contribution in [0.3, 0.4) is 0 Å². The number of hydrogen-bond acceptors (Lipinski definition) is 3. The predicted molar refractivity (Wildman–Crippen MR) is 74.0 cm³/mol. The molecule has 1 aliphatic heterocycles. The van der Waals surface area contributed by atoms with Crippen LogP contribution in [-0.2, 0) is 14.0 Å². The lowest BCUT2D eigenvalue weighted by molar-refractivity contribution is -0.122. The largest absolute Gasteiger partial charge is 0.411 e. The Bertz CT molecular complexity index is 370. The summed E-state index contributed by atoms with van der Waals surface area (Å²) in [5, 5.41) is 0.171. The second kappa shape index (κ2) is 4.29. The van der Waals surface area contributed by atoms with E-state index in [1.165, 1.54) is 0 Å². The van der Waals surface area contributed by atoms with E-state index in [4.69, 9.17) is 9.16 Å². The highest BCUT2D eigenvalue weighted by molar-refractivity contribution is 6.74. The van der Waals surface area contributed by atoms with E-state index in [1.54, 1.807) is 0 Å². The average Bonchev–Trinajstić information content (AvgIpc) is 3.00. The highest BCUT2D eigenvalue weighted by Crippen LogP contribution is 2.45. The Kier molecular flexibility index (Phi) is 3.33. The van der Waals surface area contributed by atoms with Gasteiger partial charge >= 0.3 is 0 Å². The highest BCUT2D eigenvalue weighted by atomic mass is 28.4. The summed E-state index contributed by atoms with van der Waals surface area (Å²) in [6.07, 6.45) is 2.17. The van der Waals surface area contributed by atoms with E-state index in [1.807, 2.05) is 6.08 Å². The maximum absolute atomic E-state index is 11.7. The lowest BCUT2D eigenvalue weighted by atomic mass is 9.86. The van der Waals surface area contributed by atoms with E-state index >= 15 is 0 Å². The molecule has 102 valence electrons. The second-order valence-corrected chi connectivity index (χ2v) is 11.7. The maximum Gasteiger partial charge on any atom is 0.192 e. The van der Waals surface area contributed by atoms with Crippen LogP contribution in [0.25, 0.3) is 0 Å². The summed E-state index contributed by atoms with van der Waals surface area (Å²) >= 11 is 0. The smallest absolute Gasteiger partial charge is 0.192 e. The molecule has 4 atom stereocenters. The van der Waals surface area contributed by atoms with E-state index < -0.39 is 8.32 Å². The van der Waals surface area contributed by atoms with Crippen molar-refractivity contribution in [1.29, 1.82) is 0 Å². The molecule has 0 radical (unpaired) electrons. The highest BCUT2D eigenvalue weighted by Gasteiger charge is 2.58. The molecule has 2 fully saturated rings. The lowest BCUT2D eigenvalue weighted by Crippen LogP contribution is -2.49. The Morgan fingerprint density at radius 2 is 2.06 bits per heavy atom. The van der Waals surface area contributed by atoms with Crippen LogP contribution in [0.1, 0.15) is 27.2 Å². The van der Waals surface area contributed by atoms with Crippen molar-refractivity contribution in [3.05, 3.63) is 12.7 Å². The lowest BCUT2D eigenvalue weighted by Gasteiger charge is -2.41. The van der Waals surface area contributed by atoms with Gasteiger partial charge in [0.25, 0.3) is 0 Å². The molecule has 0 aromatic rings. The van der Waals surface area contributed by atoms with Gasteiger partial charge in [-0.05, 0) is 18.1 Å². The van der Waals surface area contributed by atoms with Gasteiger partial charge in [-0.1, -0.05) is 26.8 Å². The van der Waals surface area contributed by atoms with Crippen molar-refractivity contribution in [3.8, 4) is 0 Å². The third kappa shape index (κ3) is 2.33. The van der Waals surface area contributed by atoms with E-state index in [2.05, 4.69) is 40.4 Å². The number of hydrogen-bond donors (Lipinski definition) is 0. The number of carbonyl (C=O) groups is 1. The Balaban J connectivity index is 2.13. The van der Waals surface area contributed by atoms with Gasteiger partial charge in [0, 0.05) is 12.3 Å². The molecule has 18 heavy (non-hydrogen) atoms. The SMILES string of the molecule is C=C[C@@H]1CC(=O)[C@@H]2O[C@@H]2[C@H]1O[Si](C)(C)C(C)(C)C. The molecule has 1 saturated carbocycles. The van der Waals surface area contributed by atoms with Crippen molar-refractivity contribution < 1.29 is 14.0 Å². The van der Waals surface area contributed by atoms with Gasteiger partial charge < -0.3 is 9.16 Å². The van der Waals surface area contributed by atoms with E-state index in [0.29, 0.717) is 6.42 Å². The molecule has 2 rings (SSSR count). The van der Waals surface area contributed by atoms with Gasteiger partial charge in [-0.15, -0.1) is 6.58 Å². The first-order valence-corrected chi connectivity index (χ1v) is 9.57. The van der Waals surface area contributed by atoms with Crippen LogP contribution in [0.15, 0.2) is 12.7 Å². The second-order valence-electron chi connectivity index (χ2n) is 6.93. The fraction of sp³-hybridized carbons (Fsp3) is 0.786. The normalized spacial score (nSPS) is 36.2. The summed E-state index contributed by atoms with van der Waals surface area (Å²) in [4.78, 5) is 11.7. The zero-order valence-electron chi connectivity index (χ0n) is 12.0. The Morgan fingerprint density at radius 1 is 1.44 bits per heavy atom. The van der Waals surface area contributed by atoms with Crippen LogP contribution in [0, 0.1) is 5.92 Å². The predicted octanol–water partition coefficient (Wildman–Crippen LogP) is 2.92. The molecule has 1 aliphatic carbocycles. The molecule has 1 heterocycles. The fourth-order valence-corrected chi connectivity index (χ4v) is 3.57. The number of ether oxygens (including phenoxy) is 1. The molecule has 4 heteroatoms. The topological polar surface area (TPSA) is 38.8 Å². The minimum atomic E-state index is -1.83. The number of rotatable bonds is 3. The monoisotopic (exact) mass is 268 g/mol. The van der Waals surface area contributed by atoms with Crippen LogP contribution >= 0.6 is 0 Å². The third-order valence-corrected chi connectivity index (χ3v) is 9.04. The van der Waals surface area contributed by atoms with Crippen molar-refractivity contribution in [1.82, 2.24) is 0 Å². The maximum atomic E-state index is 11.7. The van der Waals surface area contributed by atoms with E-state index in [0.717, 1.165) is 0 Å². The van der Waals surface area contributed by atoms with Gasteiger partial charge in [0.05, 0.1) is 6.10 Å². The standard InChI is InChI=1S/C14H24O3Si/c1-7-9-8-10(15)12-13(16-12)11(9)17-18(5,6)14(2,3)4/h7,9,11-13H,1,8H2,2-6H3/t9-,11+,12+,13-/m1/s1. The molecule has 0 unspecified atom stereocenters. The average molecular weight is 268 g/mol. The molecule has 0 amide bonds. The van der Waals surface area contributed by atoms with Crippen LogP contribution in [0.2, 0.25) is 18.1 Å². The Hall–Kier alpha value is -0.453. The Morgan fingerprint density at radius 3 is 2.56 bits per heavy atom. The van der Waals surface area contributed by atoms with Gasteiger partial charge in [0.15, 0.2) is 14.1 Å². The number of carbonyl (C=O) groups excluding carboxylic acids is 1. The van der Waals surface area contributed by atoms with Crippen LogP contribution in [0.5, 0.6) is 0 Å². The number of ketones is 1. The summed E-state index contributed by atoms with van der Waals surface area (Å²) in [6.45, 7) is 15.0. The van der Waals surface area contributed by atoms with Gasteiger partial charge in [-0.3, -0.25) is 4.79 Å². The molecule has 0 spiro atoms. The van der Waals surface area contributed by atoms with Crippen molar-refractivity contribution >= 4 is 14.1 Å². The zero-order valence-corrected chi connectivity index (χ0v) is 13.0. The molecule has 0 N–H and O–H groups in total. The first-order chi connectivity index (χ1) is 8.17. The molecule has 2 aliphatic rings. The molecule has 1 saturated heterocycles. The van der Waals surface area contributed by atoms with E-state index in [9.17, 15) is 4.79 Å². The molecular formula is C14H24O3Si. The summed E-state index contributed by atoms with van der Waals surface area (Å²) < 4.78 is 11.9. The summed E-state index contributed by atoms with van der Waals surface area (Å²) in [6, 6.07) is 0. The summed E-state index contributed by atoms with van der Waals surface area (Å²) in [5.74, 6) is 0.315. The van der Waals surface area contributed by atoms with Crippen molar-refractivity contribution in [2.24, 2.45) is 5.92 Å². The van der Waals surface area contributed by atoms with Crippen molar-refractivity contribution in [2.75, 3.05) is 0 Å². The number of epoxide rings is 1. The van der Waals surface area contributed by atoms with Gasteiger partial charge in [0.1, 0.15) is 12.2 Å². The van der Waals surface area contributed by atoms with Crippen LogP contribution < -0.4 is 0 Å². The third-order valence-electron chi connectivity index (χ3n) is 4.57. The van der Waals surface area contributed by atoms with Gasteiger partial charge in [-0.25, -0.2) is 0 Å². The van der Waals surface area contributed by atoms with Gasteiger partial charge in [-0.2, -0.15) is 0 Å². The summed E-state index contributed by atoms with van der Waals surface area (Å²) in [7, 11) is -1.83. The first kappa shape index (κ1) is 14.0. The number of fused-ring (bicyclic) bond motifs is 1. The minimum Gasteiger partial charge on any atom is -0.411 e. The minimum absolute atomic E-state index is 0.0195. The fourth-order valence-electron chi connectivity index (χ4n) is 2.23. The van der Waals surface area contributed by atoms with Crippen molar-refractivity contribution in [2.45, 2.75) is 63.6 Å². The van der Waals surface area contributed by atoms with Gasteiger partial charge in [0.2, 0.25) is 0 Å². The zero-order chi connectivity index (χ0) is 13.7. The molecule has 0 bridgehead atoms. The first-order valence-electron chi connectivity index (χ1n) is 6.66. The van der Waals surface area contributed by atoms with Crippen LogP contribution in [0.4, 0.5) is 0 Å². The van der Waals surface area contributed by atoms with Crippen molar-refractivity contribution in [3.63, 3.8) is 0 Å². The van der Waals surface area contributed by atoms with E-state index in [-0.39, 0.29) is 35.1 Å². The molecule has 0 aromatic heterocycles. The molecule has 0 aromatic carbocycles. The number of Topliss-reactive ketones (excluding diaryl/α,β-unsaturated/α-hetero) is 1. The quantitative estimate of drug-likeness (QED) is 0.449.